The van der Waals surface area contributed by atoms with Gasteiger partial charge in [0, 0.05) is 13.1 Å². The Hall–Kier alpha value is -2.02. The standard InChI is InChI=1S/C8H6ClN3O4/c1-4(13)11-8(14)5-2-3-10-7(9)6(5)12(15)16/h2-3H,1H3,(H,11,13,14). The molecule has 0 saturated carbocycles. The van der Waals surface area contributed by atoms with Crippen LogP contribution in [0.3, 0.4) is 0 Å². The number of hydrogen-bond donors (Lipinski definition) is 1. The number of hydrogen-bond acceptors (Lipinski definition) is 5. The Kier molecular flexibility index (Phi) is 3.51. The number of imide groups is 1. The molecule has 0 fully saturated rings. The molecule has 0 aromatic carbocycles. The molecule has 0 spiro atoms. The van der Waals surface area contributed by atoms with Crippen molar-refractivity contribution in [1.82, 2.24) is 10.3 Å². The highest BCUT2D eigenvalue weighted by Crippen LogP contribution is 2.25. The summed E-state index contributed by atoms with van der Waals surface area (Å²) >= 11 is 5.49. The number of rotatable bonds is 2. The predicted octanol–water partition coefficient (Wildman–Crippen LogP) is 0.920. The van der Waals surface area contributed by atoms with E-state index in [1.54, 1.807) is 0 Å². The molecule has 7 nitrogen and oxygen atoms in total. The van der Waals surface area contributed by atoms with Crippen LogP contribution in [-0.2, 0) is 4.79 Å². The average Bonchev–Trinajstić information content (AvgIpc) is 2.15. The predicted molar refractivity (Wildman–Crippen MR) is 54.0 cm³/mol. The van der Waals surface area contributed by atoms with Gasteiger partial charge in [0.25, 0.3) is 5.91 Å². The molecule has 1 N–H and O–H groups in total. The largest absolute Gasteiger partial charge is 0.319 e. The van der Waals surface area contributed by atoms with E-state index in [1.165, 1.54) is 0 Å². The van der Waals surface area contributed by atoms with Gasteiger partial charge in [-0.15, -0.1) is 0 Å². The van der Waals surface area contributed by atoms with Crippen LogP contribution < -0.4 is 5.32 Å². The third kappa shape index (κ3) is 2.51. The molecule has 0 radical (unpaired) electrons. The van der Waals surface area contributed by atoms with Crippen molar-refractivity contribution in [2.24, 2.45) is 0 Å². The summed E-state index contributed by atoms with van der Waals surface area (Å²) in [5.74, 6) is -1.50. The van der Waals surface area contributed by atoms with E-state index in [4.69, 9.17) is 11.6 Å². The van der Waals surface area contributed by atoms with Gasteiger partial charge < -0.3 is 0 Å². The zero-order valence-corrected chi connectivity index (χ0v) is 8.82. The average molecular weight is 244 g/mol. The van der Waals surface area contributed by atoms with Crippen LogP contribution in [0.5, 0.6) is 0 Å². The van der Waals surface area contributed by atoms with E-state index < -0.39 is 27.6 Å². The van der Waals surface area contributed by atoms with Crippen molar-refractivity contribution in [1.29, 1.82) is 0 Å². The summed E-state index contributed by atoms with van der Waals surface area (Å²) in [7, 11) is 0. The van der Waals surface area contributed by atoms with Crippen molar-refractivity contribution in [3.8, 4) is 0 Å². The molecule has 0 saturated heterocycles. The third-order valence-electron chi connectivity index (χ3n) is 1.60. The number of nitro groups is 1. The molecule has 0 aliphatic carbocycles. The molecule has 0 unspecified atom stereocenters. The molecule has 1 heterocycles. The minimum atomic E-state index is -0.886. The van der Waals surface area contributed by atoms with E-state index in [9.17, 15) is 19.7 Å². The molecule has 8 heteroatoms. The van der Waals surface area contributed by atoms with Crippen LogP contribution in [0.1, 0.15) is 17.3 Å². The van der Waals surface area contributed by atoms with Gasteiger partial charge in [-0.3, -0.25) is 25.0 Å². The van der Waals surface area contributed by atoms with Crippen LogP contribution in [0.2, 0.25) is 5.15 Å². The van der Waals surface area contributed by atoms with E-state index in [-0.39, 0.29) is 5.56 Å². The lowest BCUT2D eigenvalue weighted by Gasteiger charge is -2.02. The maximum Gasteiger partial charge on any atom is 0.319 e. The quantitative estimate of drug-likeness (QED) is 0.473. The molecule has 0 aliphatic rings. The van der Waals surface area contributed by atoms with Crippen molar-refractivity contribution in [2.75, 3.05) is 0 Å². The van der Waals surface area contributed by atoms with Gasteiger partial charge in [0.2, 0.25) is 11.1 Å². The van der Waals surface area contributed by atoms with Gasteiger partial charge in [0.05, 0.1) is 4.92 Å². The van der Waals surface area contributed by atoms with Gasteiger partial charge in [-0.2, -0.15) is 0 Å². The van der Waals surface area contributed by atoms with Gasteiger partial charge >= 0.3 is 5.69 Å². The lowest BCUT2D eigenvalue weighted by molar-refractivity contribution is -0.385. The van der Waals surface area contributed by atoms with Crippen molar-refractivity contribution in [3.63, 3.8) is 0 Å². The van der Waals surface area contributed by atoms with E-state index in [0.717, 1.165) is 19.2 Å². The number of carbonyl (C=O) groups is 2. The summed E-state index contributed by atoms with van der Waals surface area (Å²) in [5.41, 5.74) is -0.928. The minimum Gasteiger partial charge on any atom is -0.292 e. The van der Waals surface area contributed by atoms with E-state index >= 15 is 0 Å². The molecule has 1 aromatic rings. The van der Waals surface area contributed by atoms with Crippen LogP contribution in [0.4, 0.5) is 5.69 Å². The monoisotopic (exact) mass is 243 g/mol. The second-order valence-electron chi connectivity index (χ2n) is 2.77. The van der Waals surface area contributed by atoms with Crippen LogP contribution in [0.25, 0.3) is 0 Å². The Morgan fingerprint density at radius 3 is 2.69 bits per heavy atom. The zero-order chi connectivity index (χ0) is 12.3. The number of pyridine rings is 1. The molecule has 1 aromatic heterocycles. The fourth-order valence-corrected chi connectivity index (χ4v) is 1.24. The first-order valence-electron chi connectivity index (χ1n) is 4.04. The second-order valence-corrected chi connectivity index (χ2v) is 3.12. The van der Waals surface area contributed by atoms with Crippen LogP contribution >= 0.6 is 11.6 Å². The molecule has 16 heavy (non-hydrogen) atoms. The fourth-order valence-electron chi connectivity index (χ4n) is 1.01. The zero-order valence-electron chi connectivity index (χ0n) is 8.06. The summed E-state index contributed by atoms with van der Waals surface area (Å²) in [6.07, 6.45) is 1.14. The Bertz CT molecular complexity index is 474. The highest BCUT2D eigenvalue weighted by molar-refractivity contribution is 6.32. The normalized spacial score (nSPS) is 9.62. The topological polar surface area (TPSA) is 102 Å². The Balaban J connectivity index is 3.23. The minimum absolute atomic E-state index is 0.305. The van der Waals surface area contributed by atoms with E-state index in [0.29, 0.717) is 0 Å². The molecule has 0 atom stereocenters. The number of halogens is 1. The van der Waals surface area contributed by atoms with Crippen LogP contribution in [-0.4, -0.2) is 21.7 Å². The van der Waals surface area contributed by atoms with Crippen molar-refractivity contribution >= 4 is 29.1 Å². The highest BCUT2D eigenvalue weighted by atomic mass is 35.5. The second kappa shape index (κ2) is 4.67. The van der Waals surface area contributed by atoms with Crippen LogP contribution in [0.15, 0.2) is 12.3 Å². The number of amides is 2. The molecular formula is C8H6ClN3O4. The van der Waals surface area contributed by atoms with Crippen molar-refractivity contribution < 1.29 is 14.5 Å². The smallest absolute Gasteiger partial charge is 0.292 e. The molecular weight excluding hydrogens is 238 g/mol. The van der Waals surface area contributed by atoms with Gasteiger partial charge in [0.15, 0.2) is 0 Å². The first-order valence-corrected chi connectivity index (χ1v) is 4.42. The lowest BCUT2D eigenvalue weighted by atomic mass is 10.2. The molecule has 2 amide bonds. The first-order chi connectivity index (χ1) is 7.43. The SMILES string of the molecule is CC(=O)NC(=O)c1ccnc(Cl)c1[N+](=O)[O-]. The third-order valence-corrected chi connectivity index (χ3v) is 1.87. The van der Waals surface area contributed by atoms with Gasteiger partial charge in [-0.1, -0.05) is 11.6 Å². The van der Waals surface area contributed by atoms with Gasteiger partial charge in [-0.25, -0.2) is 4.98 Å². The van der Waals surface area contributed by atoms with Crippen LogP contribution in [0, 0.1) is 10.1 Å². The summed E-state index contributed by atoms with van der Waals surface area (Å²) in [4.78, 5) is 35.4. The Morgan fingerprint density at radius 1 is 1.56 bits per heavy atom. The summed E-state index contributed by atoms with van der Waals surface area (Å²) in [6, 6.07) is 1.11. The number of nitrogens with zero attached hydrogens (tertiary/aromatic N) is 2. The Labute approximate surface area is 94.6 Å². The van der Waals surface area contributed by atoms with Gasteiger partial charge in [-0.05, 0) is 6.07 Å². The van der Waals surface area contributed by atoms with Gasteiger partial charge in [0.1, 0.15) is 5.56 Å². The maximum atomic E-state index is 11.4. The summed E-state index contributed by atoms with van der Waals surface area (Å²) < 4.78 is 0. The molecule has 0 aliphatic heterocycles. The highest BCUT2D eigenvalue weighted by Gasteiger charge is 2.25. The number of nitrogens with one attached hydrogen (secondary N) is 1. The molecule has 1 rings (SSSR count). The maximum absolute atomic E-state index is 11.4. The fraction of sp³-hybridized carbons (Fsp3) is 0.125. The number of carbonyl (C=O) groups excluding carboxylic acids is 2. The van der Waals surface area contributed by atoms with Crippen molar-refractivity contribution in [3.05, 3.63) is 33.1 Å². The Morgan fingerprint density at radius 2 is 2.19 bits per heavy atom. The number of aromatic nitrogens is 1. The lowest BCUT2D eigenvalue weighted by Crippen LogP contribution is -2.28. The first kappa shape index (κ1) is 12.1. The van der Waals surface area contributed by atoms with E-state index in [2.05, 4.69) is 4.98 Å². The molecule has 84 valence electrons. The summed E-state index contributed by atoms with van der Waals surface area (Å²) in [6.45, 7) is 1.12. The van der Waals surface area contributed by atoms with E-state index in [1.807, 2.05) is 5.32 Å². The summed E-state index contributed by atoms with van der Waals surface area (Å²) in [5, 5.41) is 12.2. The van der Waals surface area contributed by atoms with Crippen molar-refractivity contribution in [2.45, 2.75) is 6.92 Å². The molecule has 0 bridgehead atoms.